The number of benzene rings is 1. The van der Waals surface area contributed by atoms with Crippen LogP contribution in [0.3, 0.4) is 0 Å². The molecule has 3 rings (SSSR count). The molecule has 0 saturated carbocycles. The molecular formula is C15H21BN3O2. The summed E-state index contributed by atoms with van der Waals surface area (Å²) in [5.41, 5.74) is 14.1. The van der Waals surface area contributed by atoms with Gasteiger partial charge in [0.05, 0.1) is 0 Å². The zero-order chi connectivity index (χ0) is 14.8. The zero-order valence-corrected chi connectivity index (χ0v) is 12.3. The van der Waals surface area contributed by atoms with Crippen LogP contribution < -0.4 is 20.9 Å². The van der Waals surface area contributed by atoms with Crippen molar-refractivity contribution in [3.8, 4) is 11.5 Å². The van der Waals surface area contributed by atoms with E-state index in [2.05, 4.69) is 24.0 Å². The number of fused-ring (bicyclic) bond motifs is 1. The highest BCUT2D eigenvalue weighted by Gasteiger charge is 2.29. The third kappa shape index (κ3) is 2.95. The van der Waals surface area contributed by atoms with E-state index < -0.39 is 0 Å². The van der Waals surface area contributed by atoms with Gasteiger partial charge in [0.1, 0.15) is 17.6 Å². The number of ether oxygens (including phenoxy) is 1. The molecule has 0 spiro atoms. The van der Waals surface area contributed by atoms with Crippen LogP contribution in [0.2, 0.25) is 6.32 Å². The number of nitrogens with zero attached hydrogens (tertiary/aromatic N) is 1. The van der Waals surface area contributed by atoms with Crippen molar-refractivity contribution in [1.82, 2.24) is 4.90 Å². The number of likely N-dealkylation sites (tertiary alicyclic amines) is 1. The van der Waals surface area contributed by atoms with Gasteiger partial charge >= 0.3 is 7.48 Å². The number of hydrogen-bond donors (Lipinski definition) is 2. The topological polar surface area (TPSA) is 73.7 Å². The molecule has 1 aromatic rings. The van der Waals surface area contributed by atoms with Gasteiger partial charge in [-0.25, -0.2) is 0 Å². The summed E-state index contributed by atoms with van der Waals surface area (Å²) in [5, 5.41) is 0. The summed E-state index contributed by atoms with van der Waals surface area (Å²) in [4.78, 5) is 2.21. The largest absolute Gasteiger partial charge is 0.563 e. The molecule has 6 heteroatoms. The maximum absolute atomic E-state index is 6.07. The van der Waals surface area contributed by atoms with E-state index in [0.717, 1.165) is 42.9 Å². The summed E-state index contributed by atoms with van der Waals surface area (Å²) in [6.07, 6.45) is 3.67. The number of nitrogens with two attached hydrogens (primary N) is 2. The van der Waals surface area contributed by atoms with Crippen molar-refractivity contribution in [2.75, 3.05) is 19.6 Å². The first kappa shape index (κ1) is 14.1. The Hall–Kier alpha value is -1.82. The lowest BCUT2D eigenvalue weighted by Crippen LogP contribution is -2.54. The molecule has 0 aliphatic carbocycles. The molecule has 1 aromatic carbocycles. The highest BCUT2D eigenvalue weighted by molar-refractivity contribution is 6.29. The van der Waals surface area contributed by atoms with Gasteiger partial charge in [0, 0.05) is 37.1 Å². The summed E-state index contributed by atoms with van der Waals surface area (Å²) >= 11 is 0. The van der Waals surface area contributed by atoms with Crippen LogP contribution in [0.25, 0.3) is 0 Å². The lowest BCUT2D eigenvalue weighted by molar-refractivity contribution is 0.0257. The Kier molecular flexibility index (Phi) is 3.97. The molecule has 2 aliphatic rings. The molecule has 111 valence electrons. The predicted molar refractivity (Wildman–Crippen MR) is 83.4 cm³/mol. The van der Waals surface area contributed by atoms with Crippen LogP contribution in [0.15, 0.2) is 24.0 Å². The van der Waals surface area contributed by atoms with Gasteiger partial charge in [-0.3, -0.25) is 4.90 Å². The molecular weight excluding hydrogens is 265 g/mol. The highest BCUT2D eigenvalue weighted by Crippen LogP contribution is 2.35. The van der Waals surface area contributed by atoms with Gasteiger partial charge in [0.25, 0.3) is 0 Å². The third-order valence-corrected chi connectivity index (χ3v) is 4.01. The van der Waals surface area contributed by atoms with E-state index >= 15 is 0 Å². The molecule has 0 atom stereocenters. The van der Waals surface area contributed by atoms with Crippen LogP contribution in [0, 0.1) is 6.92 Å². The summed E-state index contributed by atoms with van der Waals surface area (Å²) in [7, 11) is 1.87. The quantitative estimate of drug-likeness (QED) is 0.800. The molecule has 0 aromatic heterocycles. The van der Waals surface area contributed by atoms with Crippen molar-refractivity contribution in [3.63, 3.8) is 0 Å². The van der Waals surface area contributed by atoms with Crippen LogP contribution in [0.5, 0.6) is 11.5 Å². The minimum absolute atomic E-state index is 0.208. The minimum Gasteiger partial charge on any atom is -0.563 e. The number of hydrogen-bond acceptors (Lipinski definition) is 5. The van der Waals surface area contributed by atoms with E-state index in [-0.39, 0.29) is 6.10 Å². The molecule has 1 fully saturated rings. The normalized spacial score (nSPS) is 19.2. The Morgan fingerprint density at radius 3 is 3.10 bits per heavy atom. The van der Waals surface area contributed by atoms with E-state index in [1.807, 2.05) is 7.48 Å². The molecule has 0 unspecified atom stereocenters. The summed E-state index contributed by atoms with van der Waals surface area (Å²) in [6, 6.07) is 4.16. The van der Waals surface area contributed by atoms with Crippen LogP contribution in [0.1, 0.15) is 11.1 Å². The average molecular weight is 286 g/mol. The SMILES string of the molecule is Cc1c(OC2CN(C/C(N)=C/N)C2)ccc2c1O[B]CC2. The first-order valence-electron chi connectivity index (χ1n) is 7.33. The van der Waals surface area contributed by atoms with Crippen LogP contribution in [-0.2, 0) is 6.42 Å². The van der Waals surface area contributed by atoms with Crippen molar-refractivity contribution in [2.24, 2.45) is 11.5 Å². The zero-order valence-electron chi connectivity index (χ0n) is 12.3. The van der Waals surface area contributed by atoms with Crippen molar-refractivity contribution in [3.05, 3.63) is 35.2 Å². The van der Waals surface area contributed by atoms with Crippen molar-refractivity contribution in [2.45, 2.75) is 25.8 Å². The maximum atomic E-state index is 6.07. The highest BCUT2D eigenvalue weighted by atomic mass is 16.5. The molecule has 1 saturated heterocycles. The monoisotopic (exact) mass is 286 g/mol. The fourth-order valence-corrected chi connectivity index (χ4v) is 2.79. The Balaban J connectivity index is 1.60. The van der Waals surface area contributed by atoms with Gasteiger partial charge in [-0.05, 0) is 31.3 Å². The lowest BCUT2D eigenvalue weighted by Gasteiger charge is -2.39. The summed E-state index contributed by atoms with van der Waals surface area (Å²) < 4.78 is 11.7. The first-order valence-corrected chi connectivity index (χ1v) is 7.33. The van der Waals surface area contributed by atoms with Gasteiger partial charge < -0.3 is 20.9 Å². The maximum Gasteiger partial charge on any atom is 0.370 e. The first-order chi connectivity index (χ1) is 10.2. The second-order valence-electron chi connectivity index (χ2n) is 5.68. The Labute approximate surface area is 126 Å². The van der Waals surface area contributed by atoms with Crippen LogP contribution in [-0.4, -0.2) is 38.1 Å². The smallest absolute Gasteiger partial charge is 0.370 e. The Bertz CT molecular complexity index is 556. The lowest BCUT2D eigenvalue weighted by atomic mass is 9.85. The molecule has 0 bridgehead atoms. The number of aryl methyl sites for hydroxylation is 1. The van der Waals surface area contributed by atoms with Crippen molar-refractivity contribution < 1.29 is 9.39 Å². The van der Waals surface area contributed by atoms with Crippen LogP contribution in [0.4, 0.5) is 0 Å². The van der Waals surface area contributed by atoms with Crippen molar-refractivity contribution >= 4 is 7.48 Å². The van der Waals surface area contributed by atoms with Gasteiger partial charge in [-0.1, -0.05) is 6.07 Å². The number of rotatable bonds is 4. The second-order valence-corrected chi connectivity index (χ2v) is 5.68. The second kappa shape index (κ2) is 5.89. The van der Waals surface area contributed by atoms with E-state index in [1.165, 1.54) is 11.8 Å². The molecule has 0 amide bonds. The van der Waals surface area contributed by atoms with E-state index in [9.17, 15) is 0 Å². The molecule has 5 nitrogen and oxygen atoms in total. The van der Waals surface area contributed by atoms with E-state index in [4.69, 9.17) is 20.9 Å². The van der Waals surface area contributed by atoms with Gasteiger partial charge in [0.2, 0.25) is 0 Å². The fourth-order valence-electron chi connectivity index (χ4n) is 2.79. The average Bonchev–Trinajstić information content (AvgIpc) is 2.47. The van der Waals surface area contributed by atoms with Gasteiger partial charge in [0.15, 0.2) is 0 Å². The predicted octanol–water partition coefficient (Wildman–Crippen LogP) is 0.789. The summed E-state index contributed by atoms with van der Waals surface area (Å²) in [6.45, 7) is 4.51. The Morgan fingerprint density at radius 2 is 2.33 bits per heavy atom. The Morgan fingerprint density at radius 1 is 1.52 bits per heavy atom. The minimum atomic E-state index is 0.208. The fraction of sp³-hybridized carbons (Fsp3) is 0.467. The molecule has 1 radical (unpaired) electrons. The summed E-state index contributed by atoms with van der Waals surface area (Å²) in [5.74, 6) is 1.88. The van der Waals surface area contributed by atoms with Gasteiger partial charge in [-0.2, -0.15) is 0 Å². The standard InChI is InChI=1S/C15H21BN3O2/c1-10-14(3-2-11-4-5-16-21-15(10)11)20-13-8-19(9-13)7-12(18)6-17/h2-3,6,13H,4-5,7-9,17-18H2,1H3/b12-6-. The van der Waals surface area contributed by atoms with E-state index in [0.29, 0.717) is 12.2 Å². The molecule has 4 N–H and O–H groups in total. The molecule has 2 aliphatic heterocycles. The molecule has 2 heterocycles. The van der Waals surface area contributed by atoms with E-state index in [1.54, 1.807) is 0 Å². The third-order valence-electron chi connectivity index (χ3n) is 4.01. The van der Waals surface area contributed by atoms with Crippen LogP contribution >= 0.6 is 0 Å². The van der Waals surface area contributed by atoms with Crippen molar-refractivity contribution in [1.29, 1.82) is 0 Å². The molecule has 21 heavy (non-hydrogen) atoms. The van der Waals surface area contributed by atoms with Gasteiger partial charge in [-0.15, -0.1) is 0 Å².